The van der Waals surface area contributed by atoms with Gasteiger partial charge in [-0.1, -0.05) is 35.9 Å². The van der Waals surface area contributed by atoms with E-state index in [1.807, 2.05) is 12.2 Å². The number of carbonyl (C=O) groups is 2. The van der Waals surface area contributed by atoms with Crippen molar-refractivity contribution in [1.82, 2.24) is 10.2 Å². The Kier molecular flexibility index (Phi) is 8.99. The highest BCUT2D eigenvalue weighted by Crippen LogP contribution is 2.37. The average Bonchev–Trinajstić information content (AvgIpc) is 3.40. The number of carbonyl (C=O) groups excluding carboxylic acids is 2. The molecule has 2 saturated heterocycles. The first kappa shape index (κ1) is 28.1. The largest absolute Gasteiger partial charge is 0.397 e. The van der Waals surface area contributed by atoms with E-state index in [2.05, 4.69) is 15.5 Å². The van der Waals surface area contributed by atoms with Crippen LogP contribution >= 0.6 is 11.6 Å². The second-order valence-corrected chi connectivity index (χ2v) is 11.0. The Morgan fingerprint density at radius 2 is 1.85 bits per heavy atom. The molecule has 0 bridgehead atoms. The third kappa shape index (κ3) is 6.81. The Morgan fingerprint density at radius 1 is 1.05 bits per heavy atom. The van der Waals surface area contributed by atoms with Gasteiger partial charge < -0.3 is 21.1 Å². The Hall–Kier alpha value is -3.46. The number of para-hydroxylation sites is 2. The van der Waals surface area contributed by atoms with Crippen molar-refractivity contribution in [1.29, 1.82) is 0 Å². The fraction of sp³-hybridized carbons (Fsp3) is 0.355. The molecule has 2 aliphatic heterocycles. The predicted molar refractivity (Wildman–Crippen MR) is 156 cm³/mol. The number of hydrogen-bond donors (Lipinski definition) is 3. The van der Waals surface area contributed by atoms with Crippen LogP contribution in [0, 0.1) is 11.7 Å². The van der Waals surface area contributed by atoms with Crippen LogP contribution in [0.3, 0.4) is 0 Å². The molecule has 2 unspecified atom stereocenters. The van der Waals surface area contributed by atoms with E-state index in [4.69, 9.17) is 22.1 Å². The number of ether oxygens (including phenoxy) is 1. The molecule has 3 aliphatic rings. The molecular formula is C31H34ClFN4O3. The lowest BCUT2D eigenvalue weighted by molar-refractivity contribution is -0.124. The van der Waals surface area contributed by atoms with Gasteiger partial charge in [-0.2, -0.15) is 0 Å². The first-order valence-electron chi connectivity index (χ1n) is 13.7. The van der Waals surface area contributed by atoms with Crippen LogP contribution in [0.4, 0.5) is 15.8 Å². The first-order valence-corrected chi connectivity index (χ1v) is 14.1. The van der Waals surface area contributed by atoms with Gasteiger partial charge in [-0.05, 0) is 73.2 Å². The maximum absolute atomic E-state index is 15.6. The predicted octanol–water partition coefficient (Wildman–Crippen LogP) is 5.17. The van der Waals surface area contributed by atoms with E-state index in [0.717, 1.165) is 23.6 Å². The molecule has 2 fully saturated rings. The summed E-state index contributed by atoms with van der Waals surface area (Å²) in [6.45, 7) is 2.56. The third-order valence-corrected chi connectivity index (χ3v) is 8.16. The van der Waals surface area contributed by atoms with Gasteiger partial charge >= 0.3 is 0 Å². The van der Waals surface area contributed by atoms with Gasteiger partial charge in [-0.15, -0.1) is 0 Å². The number of allylic oxidation sites excluding steroid dienone is 4. The van der Waals surface area contributed by atoms with E-state index in [-0.39, 0.29) is 17.7 Å². The highest BCUT2D eigenvalue weighted by atomic mass is 35.5. The molecule has 0 spiro atoms. The van der Waals surface area contributed by atoms with Crippen LogP contribution < -0.4 is 16.4 Å². The van der Waals surface area contributed by atoms with E-state index in [1.54, 1.807) is 42.5 Å². The molecule has 9 heteroatoms. The minimum absolute atomic E-state index is 0.0996. The Bertz CT molecular complexity index is 1350. The molecule has 2 aromatic rings. The maximum Gasteiger partial charge on any atom is 0.248 e. The number of nitrogens with two attached hydrogens (primary N) is 1. The molecule has 2 aromatic carbocycles. The summed E-state index contributed by atoms with van der Waals surface area (Å²) in [6.07, 6.45) is 9.71. The summed E-state index contributed by atoms with van der Waals surface area (Å²) in [5.41, 5.74) is 8.75. The Balaban J connectivity index is 1.32. The van der Waals surface area contributed by atoms with Gasteiger partial charge in [0.25, 0.3) is 0 Å². The topological polar surface area (TPSA) is 96.7 Å². The van der Waals surface area contributed by atoms with Gasteiger partial charge in [0, 0.05) is 55.1 Å². The molecule has 1 aliphatic carbocycles. The molecule has 7 nitrogen and oxygen atoms in total. The van der Waals surface area contributed by atoms with Crippen LogP contribution in [-0.2, 0) is 14.3 Å². The van der Waals surface area contributed by atoms with E-state index in [0.29, 0.717) is 67.7 Å². The number of likely N-dealkylation sites (tertiary alicyclic amines) is 1. The van der Waals surface area contributed by atoms with Crippen LogP contribution in [0.2, 0.25) is 0 Å². The van der Waals surface area contributed by atoms with Crippen LogP contribution in [0.1, 0.15) is 42.7 Å². The number of hydrogen-bond acceptors (Lipinski definition) is 5. The highest BCUT2D eigenvalue weighted by molar-refractivity contribution is 6.29. The number of amides is 2. The summed E-state index contributed by atoms with van der Waals surface area (Å²) in [6, 6.07) is 12.2. The second-order valence-electron chi connectivity index (χ2n) is 10.5. The standard InChI is InChI=1S/C31H34ClFN4O3/c32-21-7-9-22(10-8-21)35-31(39)26-19-37(23-13-15-40-16-14-23)18-25(26)24-11-5-20(17-27(24)33)6-12-30(38)36-29-4-2-1-3-28(29)34/h1-7,9,11-12,17,23,25-26H,8,10,13-16,18-19,34H2,(H,35,39)(H,36,38)/b12-6+. The Labute approximate surface area is 238 Å². The molecule has 2 heterocycles. The molecular weight excluding hydrogens is 531 g/mol. The minimum Gasteiger partial charge on any atom is -0.397 e. The van der Waals surface area contributed by atoms with E-state index < -0.39 is 11.7 Å². The monoisotopic (exact) mass is 564 g/mol. The minimum atomic E-state index is -0.400. The number of nitrogens with one attached hydrogen (secondary N) is 2. The van der Waals surface area contributed by atoms with Crippen molar-refractivity contribution >= 4 is 40.9 Å². The molecule has 0 aromatic heterocycles. The molecule has 40 heavy (non-hydrogen) atoms. The lowest BCUT2D eigenvalue weighted by Gasteiger charge is -2.31. The van der Waals surface area contributed by atoms with Crippen molar-refractivity contribution in [2.45, 2.75) is 37.6 Å². The van der Waals surface area contributed by atoms with Crippen molar-refractivity contribution in [3.63, 3.8) is 0 Å². The van der Waals surface area contributed by atoms with E-state index in [1.165, 1.54) is 12.1 Å². The van der Waals surface area contributed by atoms with Gasteiger partial charge in [0.05, 0.1) is 17.3 Å². The smallest absolute Gasteiger partial charge is 0.248 e. The van der Waals surface area contributed by atoms with Crippen LogP contribution in [-0.4, -0.2) is 49.1 Å². The van der Waals surface area contributed by atoms with Crippen LogP contribution in [0.25, 0.3) is 6.08 Å². The number of nitrogen functional groups attached to an aromatic ring is 1. The van der Waals surface area contributed by atoms with Gasteiger partial charge in [-0.25, -0.2) is 4.39 Å². The summed E-state index contributed by atoms with van der Waals surface area (Å²) >= 11 is 6.08. The third-order valence-electron chi connectivity index (χ3n) is 7.84. The van der Waals surface area contributed by atoms with Crippen molar-refractivity contribution < 1.29 is 18.7 Å². The lowest BCUT2D eigenvalue weighted by Crippen LogP contribution is -2.39. The molecule has 2 amide bonds. The summed E-state index contributed by atoms with van der Waals surface area (Å²) in [5.74, 6) is -1.55. The molecule has 4 N–H and O–H groups in total. The van der Waals surface area contributed by atoms with E-state index in [9.17, 15) is 9.59 Å². The number of rotatable bonds is 7. The summed E-state index contributed by atoms with van der Waals surface area (Å²) in [5, 5.41) is 6.56. The zero-order valence-corrected chi connectivity index (χ0v) is 23.0. The quantitative estimate of drug-likeness (QED) is 0.318. The number of halogens is 2. The fourth-order valence-electron chi connectivity index (χ4n) is 5.64. The maximum atomic E-state index is 15.6. The van der Waals surface area contributed by atoms with Gasteiger partial charge in [0.1, 0.15) is 5.82 Å². The summed E-state index contributed by atoms with van der Waals surface area (Å²) < 4.78 is 21.1. The SMILES string of the molecule is Nc1ccccc1NC(=O)/C=C/c1ccc(C2CN(C3CCOCC3)CC2C(=O)NC2=CC=C(Cl)CC2)c(F)c1. The summed E-state index contributed by atoms with van der Waals surface area (Å²) in [4.78, 5) is 28.2. The van der Waals surface area contributed by atoms with Gasteiger partial charge in [-0.3, -0.25) is 14.5 Å². The van der Waals surface area contributed by atoms with Crippen molar-refractivity contribution in [2.75, 3.05) is 37.4 Å². The van der Waals surface area contributed by atoms with Gasteiger partial charge in [0.15, 0.2) is 0 Å². The van der Waals surface area contributed by atoms with Crippen LogP contribution in [0.15, 0.2) is 71.4 Å². The fourth-order valence-corrected chi connectivity index (χ4v) is 5.79. The van der Waals surface area contributed by atoms with Crippen LogP contribution in [0.5, 0.6) is 0 Å². The van der Waals surface area contributed by atoms with Crippen molar-refractivity contribution in [2.24, 2.45) is 5.92 Å². The number of anilines is 2. The lowest BCUT2D eigenvalue weighted by atomic mass is 9.87. The second kappa shape index (κ2) is 12.8. The average molecular weight is 565 g/mol. The Morgan fingerprint density at radius 3 is 2.58 bits per heavy atom. The van der Waals surface area contributed by atoms with Gasteiger partial charge in [0.2, 0.25) is 11.8 Å². The number of nitrogens with zero attached hydrogens (tertiary/aromatic N) is 1. The van der Waals surface area contributed by atoms with Crippen molar-refractivity contribution in [3.05, 3.63) is 88.4 Å². The van der Waals surface area contributed by atoms with E-state index >= 15 is 4.39 Å². The first-order chi connectivity index (χ1) is 19.4. The molecule has 5 rings (SSSR count). The normalized spacial score (nSPS) is 22.1. The molecule has 0 saturated carbocycles. The summed E-state index contributed by atoms with van der Waals surface area (Å²) in [7, 11) is 0. The molecule has 210 valence electrons. The van der Waals surface area contributed by atoms with Crippen molar-refractivity contribution in [3.8, 4) is 0 Å². The zero-order valence-electron chi connectivity index (χ0n) is 22.2. The molecule has 2 atom stereocenters. The molecule has 0 radical (unpaired) electrons. The highest BCUT2D eigenvalue weighted by Gasteiger charge is 2.42. The zero-order chi connectivity index (χ0) is 28.1. The number of benzene rings is 2.